The monoisotopic (exact) mass is 320 g/mol. The molecule has 0 fully saturated rings. The Kier molecular flexibility index (Phi) is 4.78. The molecule has 1 N–H and O–H groups in total. The maximum atomic E-state index is 12.0. The van der Waals surface area contributed by atoms with E-state index in [1.54, 1.807) is 24.3 Å². The van der Waals surface area contributed by atoms with E-state index >= 15 is 0 Å². The minimum atomic E-state index is -0.605. The molecule has 0 heterocycles. The van der Waals surface area contributed by atoms with Gasteiger partial charge in [-0.15, -0.1) is 0 Å². The van der Waals surface area contributed by atoms with E-state index in [2.05, 4.69) is 0 Å². The fraction of sp³-hybridized carbons (Fsp3) is 0. The molecule has 0 aliphatic rings. The number of carbonyl (C=O) groups excluding carboxylic acids is 1. The van der Waals surface area contributed by atoms with Gasteiger partial charge in [-0.3, -0.25) is 9.59 Å². The zero-order valence-electron chi connectivity index (χ0n) is 10.7. The summed E-state index contributed by atoms with van der Waals surface area (Å²) in [5, 5.41) is 10.1. The van der Waals surface area contributed by atoms with Crippen LogP contribution in [-0.4, -0.2) is 10.9 Å². The van der Waals surface area contributed by atoms with Crippen LogP contribution in [0, 0.1) is 0 Å². The Morgan fingerprint density at radius 3 is 2.52 bits per heavy atom. The normalized spacial score (nSPS) is 10.8. The number of hydrogen-bond acceptors (Lipinski definition) is 3. The Hall–Kier alpha value is -2.10. The van der Waals surface area contributed by atoms with E-state index in [9.17, 15) is 14.7 Å². The number of ketones is 1. The van der Waals surface area contributed by atoms with Crippen LogP contribution in [0.1, 0.15) is 15.9 Å². The summed E-state index contributed by atoms with van der Waals surface area (Å²) in [6, 6.07) is 10.2. The number of benzene rings is 1. The number of aromatic hydroxyl groups is 1. The fourth-order valence-corrected chi connectivity index (χ4v) is 1.93. The highest BCUT2D eigenvalue weighted by Crippen LogP contribution is 2.23. The van der Waals surface area contributed by atoms with Gasteiger partial charge in [0, 0.05) is 11.6 Å². The molecule has 0 amide bonds. The van der Waals surface area contributed by atoms with Crippen LogP contribution in [0.15, 0.2) is 53.3 Å². The molecule has 0 bridgehead atoms. The van der Waals surface area contributed by atoms with E-state index in [0.717, 1.165) is 6.07 Å². The number of rotatable bonds is 3. The highest BCUT2D eigenvalue weighted by molar-refractivity contribution is 6.42. The molecule has 21 heavy (non-hydrogen) atoms. The minimum Gasteiger partial charge on any atom is -0.504 e. The zero-order chi connectivity index (χ0) is 15.4. The molecule has 2 aromatic carbocycles. The lowest BCUT2D eigenvalue weighted by atomic mass is 10.1. The lowest BCUT2D eigenvalue weighted by Gasteiger charge is -1.97. The van der Waals surface area contributed by atoms with Crippen LogP contribution in [0.4, 0.5) is 0 Å². The predicted molar refractivity (Wildman–Crippen MR) is 84.2 cm³/mol. The van der Waals surface area contributed by atoms with Crippen LogP contribution in [0.25, 0.3) is 6.08 Å². The molecule has 0 unspecified atom stereocenters. The molecule has 3 nitrogen and oxygen atoms in total. The molecule has 0 saturated carbocycles. The molecular weight excluding hydrogens is 311 g/mol. The lowest BCUT2D eigenvalue weighted by Crippen LogP contribution is -1.99. The maximum Gasteiger partial charge on any atom is 0.220 e. The summed E-state index contributed by atoms with van der Waals surface area (Å²) < 4.78 is 0. The van der Waals surface area contributed by atoms with Crippen LogP contribution in [0.2, 0.25) is 10.0 Å². The Morgan fingerprint density at radius 1 is 1.05 bits per heavy atom. The fourth-order valence-electron chi connectivity index (χ4n) is 1.63. The SMILES string of the molecule is O=C(/C=C\c1ccc(Cl)c(Cl)c1)c1cccc(O)c(=O)c1. The molecular formula is C16H10Cl2O3. The third-order valence-corrected chi connectivity index (χ3v) is 3.46. The van der Waals surface area contributed by atoms with Gasteiger partial charge in [0.2, 0.25) is 5.43 Å². The van der Waals surface area contributed by atoms with E-state index in [0.29, 0.717) is 15.6 Å². The summed E-state index contributed by atoms with van der Waals surface area (Å²) in [7, 11) is 0. The number of halogens is 2. The molecule has 0 aromatic heterocycles. The van der Waals surface area contributed by atoms with Crippen molar-refractivity contribution in [2.24, 2.45) is 0 Å². The second kappa shape index (κ2) is 6.57. The Labute approximate surface area is 131 Å². The first-order chi connectivity index (χ1) is 9.97. The van der Waals surface area contributed by atoms with Gasteiger partial charge in [0.15, 0.2) is 11.5 Å². The Balaban J connectivity index is 2.27. The number of carbonyl (C=O) groups is 1. The summed E-state index contributed by atoms with van der Waals surface area (Å²) in [5.74, 6) is -0.753. The molecule has 0 saturated heterocycles. The van der Waals surface area contributed by atoms with E-state index in [-0.39, 0.29) is 11.3 Å². The third-order valence-electron chi connectivity index (χ3n) is 2.72. The van der Waals surface area contributed by atoms with E-state index in [4.69, 9.17) is 23.2 Å². The van der Waals surface area contributed by atoms with Gasteiger partial charge >= 0.3 is 0 Å². The van der Waals surface area contributed by atoms with E-state index < -0.39 is 11.2 Å². The number of hydrogen-bond donors (Lipinski definition) is 1. The summed E-state index contributed by atoms with van der Waals surface area (Å²) >= 11 is 11.7. The molecule has 2 aromatic rings. The van der Waals surface area contributed by atoms with Crippen molar-refractivity contribution in [2.75, 3.05) is 0 Å². The summed E-state index contributed by atoms with van der Waals surface area (Å²) in [4.78, 5) is 23.4. The molecule has 2 rings (SSSR count). The predicted octanol–water partition coefficient (Wildman–Crippen LogP) is 3.96. The van der Waals surface area contributed by atoms with Crippen LogP contribution < -0.4 is 5.43 Å². The van der Waals surface area contributed by atoms with Gasteiger partial charge in [-0.2, -0.15) is 0 Å². The first-order valence-corrected chi connectivity index (χ1v) is 6.74. The van der Waals surface area contributed by atoms with Crippen molar-refractivity contribution in [1.82, 2.24) is 0 Å². The zero-order valence-corrected chi connectivity index (χ0v) is 12.2. The summed E-state index contributed by atoms with van der Waals surface area (Å²) in [6.07, 6.45) is 2.90. The third kappa shape index (κ3) is 3.94. The molecule has 0 radical (unpaired) electrons. The van der Waals surface area contributed by atoms with Crippen LogP contribution >= 0.6 is 23.2 Å². The van der Waals surface area contributed by atoms with Crippen molar-refractivity contribution >= 4 is 35.1 Å². The minimum absolute atomic E-state index is 0.191. The molecule has 0 aliphatic carbocycles. The highest BCUT2D eigenvalue weighted by Gasteiger charge is 2.03. The van der Waals surface area contributed by atoms with Gasteiger partial charge in [-0.25, -0.2) is 0 Å². The first-order valence-electron chi connectivity index (χ1n) is 5.98. The van der Waals surface area contributed by atoms with Gasteiger partial charge in [0.25, 0.3) is 0 Å². The van der Waals surface area contributed by atoms with Gasteiger partial charge in [-0.1, -0.05) is 47.5 Å². The summed E-state index contributed by atoms with van der Waals surface area (Å²) in [6.45, 7) is 0. The molecule has 106 valence electrons. The smallest absolute Gasteiger partial charge is 0.220 e. The van der Waals surface area contributed by atoms with Crippen LogP contribution in [0.5, 0.6) is 5.75 Å². The second-order valence-corrected chi connectivity index (χ2v) is 5.06. The van der Waals surface area contributed by atoms with Crippen molar-refractivity contribution < 1.29 is 9.90 Å². The van der Waals surface area contributed by atoms with Crippen LogP contribution in [0.3, 0.4) is 0 Å². The van der Waals surface area contributed by atoms with E-state index in [1.165, 1.54) is 24.3 Å². The molecule has 0 aliphatic heterocycles. The molecule has 0 atom stereocenters. The Morgan fingerprint density at radius 2 is 1.81 bits per heavy atom. The van der Waals surface area contributed by atoms with Crippen molar-refractivity contribution in [3.63, 3.8) is 0 Å². The van der Waals surface area contributed by atoms with Gasteiger partial charge < -0.3 is 5.11 Å². The van der Waals surface area contributed by atoms with E-state index in [1.807, 2.05) is 0 Å². The van der Waals surface area contributed by atoms with Gasteiger partial charge in [0.05, 0.1) is 10.0 Å². The van der Waals surface area contributed by atoms with Gasteiger partial charge in [-0.05, 0) is 29.8 Å². The maximum absolute atomic E-state index is 12.0. The largest absolute Gasteiger partial charge is 0.504 e. The van der Waals surface area contributed by atoms with Crippen molar-refractivity contribution in [3.8, 4) is 5.75 Å². The standard InChI is InChI=1S/C16H10Cl2O3/c17-12-6-4-10(8-13(12)18)5-7-14(19)11-2-1-3-15(20)16(21)9-11/h1-9H,(H,20,21)/b7-5-. The first kappa shape index (κ1) is 15.3. The van der Waals surface area contributed by atoms with Gasteiger partial charge in [0.1, 0.15) is 0 Å². The number of allylic oxidation sites excluding steroid dienone is 1. The Bertz CT molecular complexity index is 783. The average Bonchev–Trinajstić information content (AvgIpc) is 2.62. The molecule has 0 spiro atoms. The van der Waals surface area contributed by atoms with Crippen LogP contribution in [-0.2, 0) is 0 Å². The average molecular weight is 321 g/mol. The topological polar surface area (TPSA) is 54.4 Å². The highest BCUT2D eigenvalue weighted by atomic mass is 35.5. The summed E-state index contributed by atoms with van der Waals surface area (Å²) in [5.41, 5.74) is 0.297. The second-order valence-electron chi connectivity index (χ2n) is 4.25. The van der Waals surface area contributed by atoms with Crippen molar-refractivity contribution in [2.45, 2.75) is 0 Å². The van der Waals surface area contributed by atoms with Crippen molar-refractivity contribution in [1.29, 1.82) is 0 Å². The van der Waals surface area contributed by atoms with Crippen molar-refractivity contribution in [3.05, 3.63) is 79.9 Å². The quantitative estimate of drug-likeness (QED) is 0.688. The lowest BCUT2D eigenvalue weighted by molar-refractivity contribution is 0.104. The molecule has 5 heteroatoms.